The average molecular weight is 235 g/mol. The van der Waals surface area contributed by atoms with Gasteiger partial charge in [-0.1, -0.05) is 19.1 Å². The number of likely N-dealkylation sites (N-methyl/N-ethyl adjacent to an activating group) is 1. The molecule has 0 saturated carbocycles. The highest BCUT2D eigenvalue weighted by molar-refractivity contribution is 5.72. The van der Waals surface area contributed by atoms with Crippen LogP contribution in [0.1, 0.15) is 25.0 Å². The molecule has 0 aliphatic carbocycles. The Balaban J connectivity index is 2.69. The number of hydrogen-bond acceptors (Lipinski definition) is 2. The van der Waals surface area contributed by atoms with Gasteiger partial charge in [-0.05, 0) is 30.0 Å². The number of aryl methyl sites for hydroxylation is 1. The van der Waals surface area contributed by atoms with E-state index in [-0.39, 0.29) is 5.91 Å². The van der Waals surface area contributed by atoms with Crippen LogP contribution in [-0.2, 0) is 17.6 Å². The van der Waals surface area contributed by atoms with Crippen molar-refractivity contribution >= 4 is 5.91 Å². The molecule has 3 nitrogen and oxygen atoms in total. The summed E-state index contributed by atoms with van der Waals surface area (Å²) >= 11 is 0. The number of methoxy groups -OCH3 is 1. The molecule has 0 heterocycles. The summed E-state index contributed by atoms with van der Waals surface area (Å²) in [6.45, 7) is 4.46. The van der Waals surface area contributed by atoms with E-state index in [1.165, 1.54) is 11.1 Å². The van der Waals surface area contributed by atoms with Crippen LogP contribution in [0.25, 0.3) is 0 Å². The van der Waals surface area contributed by atoms with Crippen LogP contribution in [-0.4, -0.2) is 31.5 Å². The molecule has 94 valence electrons. The SMILES string of the molecule is CCc1cc(CCN(C)C(C)=O)ccc1OC. The fourth-order valence-corrected chi connectivity index (χ4v) is 1.72. The van der Waals surface area contributed by atoms with E-state index in [9.17, 15) is 4.79 Å². The fourth-order valence-electron chi connectivity index (χ4n) is 1.72. The first kappa shape index (κ1) is 13.6. The molecule has 0 N–H and O–H groups in total. The van der Waals surface area contributed by atoms with Crippen LogP contribution < -0.4 is 4.74 Å². The second-order valence-electron chi connectivity index (χ2n) is 4.19. The highest BCUT2D eigenvalue weighted by Gasteiger charge is 2.05. The maximum absolute atomic E-state index is 11.1. The molecular formula is C14H21NO2. The molecule has 0 spiro atoms. The van der Waals surface area contributed by atoms with Crippen LogP contribution in [0.2, 0.25) is 0 Å². The number of carbonyl (C=O) groups is 1. The van der Waals surface area contributed by atoms with Gasteiger partial charge in [0, 0.05) is 20.5 Å². The standard InChI is InChI=1S/C14H21NO2/c1-5-13-10-12(6-7-14(13)17-4)8-9-15(3)11(2)16/h6-7,10H,5,8-9H2,1-4H3. The lowest BCUT2D eigenvalue weighted by Crippen LogP contribution is -2.26. The molecule has 0 aliphatic heterocycles. The summed E-state index contributed by atoms with van der Waals surface area (Å²) in [6.07, 6.45) is 1.84. The zero-order valence-electron chi connectivity index (χ0n) is 11.1. The summed E-state index contributed by atoms with van der Waals surface area (Å²) < 4.78 is 5.29. The van der Waals surface area contributed by atoms with Crippen molar-refractivity contribution in [1.29, 1.82) is 0 Å². The van der Waals surface area contributed by atoms with Gasteiger partial charge in [0.15, 0.2) is 0 Å². The molecule has 0 atom stereocenters. The van der Waals surface area contributed by atoms with Crippen LogP contribution in [0, 0.1) is 0 Å². The molecule has 1 aromatic carbocycles. The molecule has 0 bridgehead atoms. The van der Waals surface area contributed by atoms with Gasteiger partial charge in [-0.3, -0.25) is 4.79 Å². The van der Waals surface area contributed by atoms with Gasteiger partial charge < -0.3 is 9.64 Å². The summed E-state index contributed by atoms with van der Waals surface area (Å²) in [7, 11) is 3.52. The number of amides is 1. The quantitative estimate of drug-likeness (QED) is 0.783. The summed E-state index contributed by atoms with van der Waals surface area (Å²) in [5.41, 5.74) is 2.46. The zero-order valence-corrected chi connectivity index (χ0v) is 11.1. The van der Waals surface area contributed by atoms with Gasteiger partial charge >= 0.3 is 0 Å². The lowest BCUT2D eigenvalue weighted by atomic mass is 10.1. The smallest absolute Gasteiger partial charge is 0.219 e. The number of benzene rings is 1. The van der Waals surface area contributed by atoms with Crippen molar-refractivity contribution in [2.75, 3.05) is 20.7 Å². The highest BCUT2D eigenvalue weighted by atomic mass is 16.5. The van der Waals surface area contributed by atoms with Gasteiger partial charge in [-0.25, -0.2) is 0 Å². The van der Waals surface area contributed by atoms with Gasteiger partial charge in [-0.15, -0.1) is 0 Å². The second-order valence-corrected chi connectivity index (χ2v) is 4.19. The van der Waals surface area contributed by atoms with Gasteiger partial charge in [0.2, 0.25) is 5.91 Å². The van der Waals surface area contributed by atoms with E-state index in [0.717, 1.165) is 25.1 Å². The van der Waals surface area contributed by atoms with Crippen LogP contribution in [0.15, 0.2) is 18.2 Å². The third-order valence-electron chi connectivity index (χ3n) is 3.00. The maximum Gasteiger partial charge on any atom is 0.219 e. The first-order chi connectivity index (χ1) is 8.08. The average Bonchev–Trinajstić information content (AvgIpc) is 2.35. The largest absolute Gasteiger partial charge is 0.496 e. The van der Waals surface area contributed by atoms with E-state index < -0.39 is 0 Å². The number of nitrogens with zero attached hydrogens (tertiary/aromatic N) is 1. The van der Waals surface area contributed by atoms with Crippen molar-refractivity contribution in [2.24, 2.45) is 0 Å². The fraction of sp³-hybridized carbons (Fsp3) is 0.500. The van der Waals surface area contributed by atoms with E-state index in [4.69, 9.17) is 4.74 Å². The minimum Gasteiger partial charge on any atom is -0.496 e. The summed E-state index contributed by atoms with van der Waals surface area (Å²) in [4.78, 5) is 12.8. The predicted molar refractivity (Wildman–Crippen MR) is 69.4 cm³/mol. The van der Waals surface area contributed by atoms with Crippen molar-refractivity contribution in [3.8, 4) is 5.75 Å². The molecular weight excluding hydrogens is 214 g/mol. The molecule has 1 amide bonds. The summed E-state index contributed by atoms with van der Waals surface area (Å²) in [6, 6.07) is 6.22. The van der Waals surface area contributed by atoms with Crippen molar-refractivity contribution in [2.45, 2.75) is 26.7 Å². The monoisotopic (exact) mass is 235 g/mol. The lowest BCUT2D eigenvalue weighted by Gasteiger charge is -2.15. The normalized spacial score (nSPS) is 10.1. The van der Waals surface area contributed by atoms with E-state index >= 15 is 0 Å². The Bertz CT molecular complexity index is 388. The highest BCUT2D eigenvalue weighted by Crippen LogP contribution is 2.20. The Morgan fingerprint density at radius 1 is 1.41 bits per heavy atom. The molecule has 1 rings (SSSR count). The first-order valence-electron chi connectivity index (χ1n) is 5.96. The summed E-state index contributed by atoms with van der Waals surface area (Å²) in [5.74, 6) is 1.05. The Kier molecular flexibility index (Phi) is 5.01. The van der Waals surface area contributed by atoms with Crippen LogP contribution >= 0.6 is 0 Å². The first-order valence-corrected chi connectivity index (χ1v) is 5.96. The number of hydrogen-bond donors (Lipinski definition) is 0. The maximum atomic E-state index is 11.1. The molecule has 0 unspecified atom stereocenters. The topological polar surface area (TPSA) is 29.5 Å². The van der Waals surface area contributed by atoms with Gasteiger partial charge in [-0.2, -0.15) is 0 Å². The van der Waals surface area contributed by atoms with Crippen molar-refractivity contribution in [1.82, 2.24) is 4.90 Å². The Morgan fingerprint density at radius 3 is 2.65 bits per heavy atom. The Morgan fingerprint density at radius 2 is 2.12 bits per heavy atom. The van der Waals surface area contributed by atoms with Crippen LogP contribution in [0.4, 0.5) is 0 Å². The molecule has 3 heteroatoms. The molecule has 17 heavy (non-hydrogen) atoms. The predicted octanol–water partition coefficient (Wildman–Crippen LogP) is 2.28. The zero-order chi connectivity index (χ0) is 12.8. The second kappa shape index (κ2) is 6.28. The van der Waals surface area contributed by atoms with Crippen molar-refractivity contribution in [3.05, 3.63) is 29.3 Å². The lowest BCUT2D eigenvalue weighted by molar-refractivity contribution is -0.127. The van der Waals surface area contributed by atoms with Crippen LogP contribution in [0.5, 0.6) is 5.75 Å². The van der Waals surface area contributed by atoms with Crippen molar-refractivity contribution < 1.29 is 9.53 Å². The molecule has 0 saturated heterocycles. The number of rotatable bonds is 5. The van der Waals surface area contributed by atoms with Crippen LogP contribution in [0.3, 0.4) is 0 Å². The third-order valence-corrected chi connectivity index (χ3v) is 3.00. The van der Waals surface area contributed by atoms with Gasteiger partial charge in [0.1, 0.15) is 5.75 Å². The molecule has 0 aromatic heterocycles. The van der Waals surface area contributed by atoms with Crippen molar-refractivity contribution in [3.63, 3.8) is 0 Å². The van der Waals surface area contributed by atoms with E-state index in [0.29, 0.717) is 0 Å². The van der Waals surface area contributed by atoms with E-state index in [1.54, 1.807) is 18.9 Å². The Hall–Kier alpha value is -1.51. The van der Waals surface area contributed by atoms with Gasteiger partial charge in [0.25, 0.3) is 0 Å². The number of carbonyl (C=O) groups excluding carboxylic acids is 1. The molecule has 0 fully saturated rings. The Labute approximate surface area is 103 Å². The molecule has 0 radical (unpaired) electrons. The third kappa shape index (κ3) is 3.77. The minimum atomic E-state index is 0.106. The number of ether oxygens (including phenoxy) is 1. The molecule has 1 aromatic rings. The minimum absolute atomic E-state index is 0.106. The van der Waals surface area contributed by atoms with E-state index in [2.05, 4.69) is 19.1 Å². The molecule has 0 aliphatic rings. The summed E-state index contributed by atoms with van der Waals surface area (Å²) in [5, 5.41) is 0. The van der Waals surface area contributed by atoms with E-state index in [1.807, 2.05) is 13.1 Å². The van der Waals surface area contributed by atoms with Gasteiger partial charge in [0.05, 0.1) is 7.11 Å².